The third kappa shape index (κ3) is 2.94. The number of halogens is 2. The number of hydrogen-bond acceptors (Lipinski definition) is 0. The van der Waals surface area contributed by atoms with Crippen molar-refractivity contribution in [1.29, 1.82) is 0 Å². The highest BCUT2D eigenvalue weighted by Crippen LogP contribution is 2.34. The Morgan fingerprint density at radius 1 is 1.25 bits per heavy atom. The van der Waals surface area contributed by atoms with E-state index in [2.05, 4.69) is 0 Å². The Bertz CT molecular complexity index is 48.5. The molecule has 0 unspecified atom stereocenters. The molecule has 0 spiro atoms. The summed E-state index contributed by atoms with van der Waals surface area (Å²) in [7, 11) is 0. The molecule has 0 aromatic heterocycles. The van der Waals surface area contributed by atoms with Gasteiger partial charge in [-0.25, -0.2) is 8.78 Å². The smallest absolute Gasteiger partial charge is 0.210 e. The summed E-state index contributed by atoms with van der Waals surface area (Å²) in [5, 5.41) is 0. The zero-order valence-corrected chi connectivity index (χ0v) is 5.32. The molecular weight excluding hydrogens is 110 g/mol. The summed E-state index contributed by atoms with van der Waals surface area (Å²) < 4.78 is 22.4. The summed E-state index contributed by atoms with van der Waals surface area (Å²) in [4.78, 5) is 0. The van der Waals surface area contributed by atoms with Crippen molar-refractivity contribution in [3.05, 3.63) is 0 Å². The van der Waals surface area contributed by atoms with E-state index in [1.807, 2.05) is 13.8 Å². The number of rotatable bonds is 1. The molecule has 2 heteroatoms. The van der Waals surface area contributed by atoms with Gasteiger partial charge in [-0.3, -0.25) is 0 Å². The van der Waals surface area contributed by atoms with Crippen LogP contribution in [-0.2, 0) is 0 Å². The van der Waals surface area contributed by atoms with Crippen LogP contribution in [0.25, 0.3) is 0 Å². The van der Waals surface area contributed by atoms with Gasteiger partial charge in [-0.1, -0.05) is 13.8 Å². The highest BCUT2D eigenvalue weighted by molar-refractivity contribution is 4.74. The molecule has 0 bridgehead atoms. The average molecular weight is 122 g/mol. The Hall–Kier alpha value is -0.140. The molecule has 0 amide bonds. The highest BCUT2D eigenvalue weighted by Gasteiger charge is 2.30. The monoisotopic (exact) mass is 122 g/mol. The van der Waals surface area contributed by atoms with Gasteiger partial charge in [0.25, 0.3) is 0 Å². The van der Waals surface area contributed by atoms with Gasteiger partial charge in [0.15, 0.2) is 0 Å². The van der Waals surface area contributed by atoms with Crippen LogP contribution in [0.15, 0.2) is 0 Å². The molecule has 0 saturated heterocycles. The van der Waals surface area contributed by atoms with Crippen LogP contribution in [0.1, 0.15) is 26.7 Å². The predicted octanol–water partition coefficient (Wildman–Crippen LogP) is 2.69. The summed E-state index contributed by atoms with van der Waals surface area (Å²) in [6, 6.07) is 0. The SMILES string of the molecule is CC.FC(F)C1CC1. The molecule has 8 heavy (non-hydrogen) atoms. The molecule has 0 aromatic rings. The van der Waals surface area contributed by atoms with Crippen molar-refractivity contribution in [2.24, 2.45) is 5.92 Å². The normalized spacial score (nSPS) is 17.6. The van der Waals surface area contributed by atoms with E-state index in [1.54, 1.807) is 0 Å². The minimum Gasteiger partial charge on any atom is -0.210 e. The van der Waals surface area contributed by atoms with Crippen molar-refractivity contribution in [3.8, 4) is 0 Å². The maximum absolute atomic E-state index is 11.2. The molecule has 0 aromatic carbocycles. The Morgan fingerprint density at radius 2 is 1.62 bits per heavy atom. The van der Waals surface area contributed by atoms with Crippen LogP contribution in [0, 0.1) is 5.92 Å². The second-order valence-electron chi connectivity index (χ2n) is 1.67. The largest absolute Gasteiger partial charge is 0.241 e. The lowest BCUT2D eigenvalue weighted by atomic mass is 10.5. The van der Waals surface area contributed by atoms with Crippen molar-refractivity contribution >= 4 is 0 Å². The summed E-state index contributed by atoms with van der Waals surface area (Å²) in [5.41, 5.74) is 0. The quantitative estimate of drug-likeness (QED) is 0.501. The van der Waals surface area contributed by atoms with Gasteiger partial charge in [0.2, 0.25) is 6.43 Å². The van der Waals surface area contributed by atoms with Crippen LogP contribution in [0.2, 0.25) is 0 Å². The van der Waals surface area contributed by atoms with Crippen molar-refractivity contribution in [2.75, 3.05) is 0 Å². The summed E-state index contributed by atoms with van der Waals surface area (Å²) >= 11 is 0. The van der Waals surface area contributed by atoms with E-state index in [0.717, 1.165) is 12.8 Å². The minimum atomic E-state index is -2.04. The lowest BCUT2D eigenvalue weighted by molar-refractivity contribution is 0.123. The minimum absolute atomic E-state index is 0.231. The first-order valence-electron chi connectivity index (χ1n) is 3.09. The molecule has 1 aliphatic carbocycles. The standard InChI is InChI=1S/C4H6F2.C2H6/c5-4(6)3-1-2-3;1-2/h3-4H,1-2H2;1-2H3. The van der Waals surface area contributed by atoms with Gasteiger partial charge in [0, 0.05) is 5.92 Å². The summed E-state index contributed by atoms with van der Waals surface area (Å²) in [5.74, 6) is -0.231. The van der Waals surface area contributed by atoms with Crippen molar-refractivity contribution in [1.82, 2.24) is 0 Å². The molecule has 0 nitrogen and oxygen atoms in total. The molecule has 0 aliphatic heterocycles. The highest BCUT2D eigenvalue weighted by atomic mass is 19.3. The number of alkyl halides is 2. The van der Waals surface area contributed by atoms with E-state index in [0.29, 0.717) is 0 Å². The van der Waals surface area contributed by atoms with Gasteiger partial charge >= 0.3 is 0 Å². The fourth-order valence-corrected chi connectivity index (χ4v) is 0.348. The molecular formula is C6H12F2. The van der Waals surface area contributed by atoms with Crippen molar-refractivity contribution in [3.63, 3.8) is 0 Å². The molecule has 1 fully saturated rings. The first-order valence-corrected chi connectivity index (χ1v) is 3.09. The zero-order chi connectivity index (χ0) is 6.57. The molecule has 0 N–H and O–H groups in total. The Kier molecular flexibility index (Phi) is 3.75. The van der Waals surface area contributed by atoms with Gasteiger partial charge in [-0.05, 0) is 12.8 Å². The topological polar surface area (TPSA) is 0 Å². The first-order chi connectivity index (χ1) is 3.80. The Morgan fingerprint density at radius 3 is 1.62 bits per heavy atom. The summed E-state index contributed by atoms with van der Waals surface area (Å²) in [6.07, 6.45) is -0.542. The van der Waals surface area contributed by atoms with E-state index in [1.165, 1.54) is 0 Å². The zero-order valence-electron chi connectivity index (χ0n) is 5.32. The third-order valence-electron chi connectivity index (χ3n) is 0.978. The van der Waals surface area contributed by atoms with Crippen LogP contribution < -0.4 is 0 Å². The second-order valence-corrected chi connectivity index (χ2v) is 1.67. The Balaban J connectivity index is 0.000000222. The lowest BCUT2D eigenvalue weighted by Gasteiger charge is -1.85. The van der Waals surface area contributed by atoms with Crippen LogP contribution >= 0.6 is 0 Å². The van der Waals surface area contributed by atoms with Gasteiger partial charge in [-0.15, -0.1) is 0 Å². The van der Waals surface area contributed by atoms with E-state index in [-0.39, 0.29) is 5.92 Å². The maximum Gasteiger partial charge on any atom is 0.241 e. The molecule has 1 rings (SSSR count). The van der Waals surface area contributed by atoms with E-state index >= 15 is 0 Å². The second kappa shape index (κ2) is 3.81. The molecule has 0 heterocycles. The van der Waals surface area contributed by atoms with E-state index in [4.69, 9.17) is 0 Å². The van der Waals surface area contributed by atoms with Crippen LogP contribution in [-0.4, -0.2) is 6.43 Å². The number of hydrogen-bond donors (Lipinski definition) is 0. The fraction of sp³-hybridized carbons (Fsp3) is 1.00. The van der Waals surface area contributed by atoms with E-state index in [9.17, 15) is 8.78 Å². The van der Waals surface area contributed by atoms with Gasteiger partial charge < -0.3 is 0 Å². The third-order valence-corrected chi connectivity index (χ3v) is 0.978. The average Bonchev–Trinajstić information content (AvgIpc) is 2.50. The van der Waals surface area contributed by atoms with Crippen molar-refractivity contribution < 1.29 is 8.78 Å². The Labute approximate surface area is 48.9 Å². The van der Waals surface area contributed by atoms with E-state index < -0.39 is 6.43 Å². The molecule has 0 radical (unpaired) electrons. The van der Waals surface area contributed by atoms with Crippen LogP contribution in [0.3, 0.4) is 0 Å². The lowest BCUT2D eigenvalue weighted by Crippen LogP contribution is -1.89. The van der Waals surface area contributed by atoms with Crippen LogP contribution in [0.5, 0.6) is 0 Å². The van der Waals surface area contributed by atoms with Gasteiger partial charge in [0.05, 0.1) is 0 Å². The first kappa shape index (κ1) is 7.86. The molecule has 1 saturated carbocycles. The maximum atomic E-state index is 11.2. The molecule has 0 atom stereocenters. The van der Waals surface area contributed by atoms with Gasteiger partial charge in [-0.2, -0.15) is 0 Å². The van der Waals surface area contributed by atoms with Crippen LogP contribution in [0.4, 0.5) is 8.78 Å². The predicted molar refractivity (Wildman–Crippen MR) is 30.1 cm³/mol. The van der Waals surface area contributed by atoms with Gasteiger partial charge in [0.1, 0.15) is 0 Å². The van der Waals surface area contributed by atoms with Crippen molar-refractivity contribution in [2.45, 2.75) is 33.1 Å². The molecule has 1 aliphatic rings. The molecule has 50 valence electrons. The fourth-order valence-electron chi connectivity index (χ4n) is 0.348. The summed E-state index contributed by atoms with van der Waals surface area (Å²) in [6.45, 7) is 4.00.